The molecule has 4 N–H and O–H groups in total. The number of hydrogen-bond acceptors (Lipinski definition) is 5. The van der Waals surface area contributed by atoms with E-state index in [1.54, 1.807) is 0 Å². The zero-order chi connectivity index (χ0) is 16.9. The summed E-state index contributed by atoms with van der Waals surface area (Å²) in [6, 6.07) is 3.94. The molecule has 0 amide bonds. The molecule has 0 atom stereocenters. The lowest BCUT2D eigenvalue weighted by atomic mass is 10.2. The standard InChI is InChI=1S/C15H22N2O5S/c18-9-3-8-16-14-7-6-12(10-13(14)15(19)20)23(21,22)17-11-4-1-2-5-11/h6-7,10-11,16-18H,1-5,8-9H2,(H,19,20). The van der Waals surface area contributed by atoms with E-state index in [4.69, 9.17) is 5.11 Å². The van der Waals surface area contributed by atoms with Crippen LogP contribution in [0.5, 0.6) is 0 Å². The number of benzene rings is 1. The van der Waals surface area contributed by atoms with Crippen molar-refractivity contribution in [1.29, 1.82) is 0 Å². The molecule has 7 nitrogen and oxygen atoms in total. The summed E-state index contributed by atoms with van der Waals surface area (Å²) >= 11 is 0. The third-order valence-electron chi connectivity index (χ3n) is 3.86. The number of aliphatic hydroxyl groups excluding tert-OH is 1. The van der Waals surface area contributed by atoms with Crippen LogP contribution in [0.1, 0.15) is 42.5 Å². The molecule has 0 heterocycles. The van der Waals surface area contributed by atoms with Crippen molar-refractivity contribution in [2.24, 2.45) is 0 Å². The minimum atomic E-state index is -3.72. The second-order valence-corrected chi connectivity index (χ2v) is 7.33. The molecule has 0 unspecified atom stereocenters. The van der Waals surface area contributed by atoms with Crippen molar-refractivity contribution < 1.29 is 23.4 Å². The smallest absolute Gasteiger partial charge is 0.337 e. The normalized spacial score (nSPS) is 15.7. The van der Waals surface area contributed by atoms with Gasteiger partial charge in [-0.05, 0) is 37.5 Å². The zero-order valence-electron chi connectivity index (χ0n) is 12.8. The van der Waals surface area contributed by atoms with Crippen LogP contribution in [0.2, 0.25) is 0 Å². The lowest BCUT2D eigenvalue weighted by Gasteiger charge is -2.14. The van der Waals surface area contributed by atoms with Gasteiger partial charge in [-0.2, -0.15) is 0 Å². The van der Waals surface area contributed by atoms with Crippen molar-refractivity contribution in [3.63, 3.8) is 0 Å². The van der Waals surface area contributed by atoms with Gasteiger partial charge in [0.2, 0.25) is 10.0 Å². The van der Waals surface area contributed by atoms with Gasteiger partial charge in [-0.1, -0.05) is 12.8 Å². The third kappa shape index (κ3) is 4.66. The third-order valence-corrected chi connectivity index (χ3v) is 5.38. The molecule has 23 heavy (non-hydrogen) atoms. The topological polar surface area (TPSA) is 116 Å². The van der Waals surface area contributed by atoms with E-state index >= 15 is 0 Å². The van der Waals surface area contributed by atoms with E-state index in [1.807, 2.05) is 0 Å². The Labute approximate surface area is 135 Å². The van der Waals surface area contributed by atoms with E-state index < -0.39 is 16.0 Å². The molecule has 2 rings (SSSR count). The van der Waals surface area contributed by atoms with Gasteiger partial charge in [0.25, 0.3) is 0 Å². The minimum Gasteiger partial charge on any atom is -0.478 e. The number of hydrogen-bond donors (Lipinski definition) is 4. The van der Waals surface area contributed by atoms with E-state index in [9.17, 15) is 18.3 Å². The first-order valence-electron chi connectivity index (χ1n) is 7.68. The average Bonchev–Trinajstić information content (AvgIpc) is 2.99. The van der Waals surface area contributed by atoms with Crippen LogP contribution in [0, 0.1) is 0 Å². The van der Waals surface area contributed by atoms with Crippen molar-refractivity contribution in [3.05, 3.63) is 23.8 Å². The fourth-order valence-corrected chi connectivity index (χ4v) is 3.99. The fourth-order valence-electron chi connectivity index (χ4n) is 2.65. The van der Waals surface area contributed by atoms with Crippen LogP contribution in [0.15, 0.2) is 23.1 Å². The van der Waals surface area contributed by atoms with Crippen LogP contribution in [0.3, 0.4) is 0 Å². The highest BCUT2D eigenvalue weighted by Crippen LogP contribution is 2.23. The number of anilines is 1. The quantitative estimate of drug-likeness (QED) is 0.531. The molecule has 1 aliphatic carbocycles. The van der Waals surface area contributed by atoms with Crippen LogP contribution < -0.4 is 10.0 Å². The summed E-state index contributed by atoms with van der Waals surface area (Å²) in [6.07, 6.45) is 4.10. The molecule has 0 saturated heterocycles. The number of sulfonamides is 1. The molecular weight excluding hydrogens is 320 g/mol. The zero-order valence-corrected chi connectivity index (χ0v) is 13.6. The summed E-state index contributed by atoms with van der Waals surface area (Å²) < 4.78 is 27.4. The van der Waals surface area contributed by atoms with Gasteiger partial charge >= 0.3 is 5.97 Å². The monoisotopic (exact) mass is 342 g/mol. The predicted molar refractivity (Wildman–Crippen MR) is 86.2 cm³/mol. The second-order valence-electron chi connectivity index (χ2n) is 5.62. The van der Waals surface area contributed by atoms with Crippen molar-refractivity contribution >= 4 is 21.7 Å². The Kier molecular flexibility index (Phi) is 5.97. The summed E-state index contributed by atoms with van der Waals surface area (Å²) in [4.78, 5) is 11.3. The van der Waals surface area contributed by atoms with Gasteiger partial charge in [0.1, 0.15) is 0 Å². The van der Waals surface area contributed by atoms with E-state index in [0.717, 1.165) is 25.7 Å². The molecule has 1 fully saturated rings. The first kappa shape index (κ1) is 17.7. The fraction of sp³-hybridized carbons (Fsp3) is 0.533. The van der Waals surface area contributed by atoms with Crippen LogP contribution in [0.4, 0.5) is 5.69 Å². The average molecular weight is 342 g/mol. The summed E-state index contributed by atoms with van der Waals surface area (Å²) in [7, 11) is -3.72. The Bertz CT molecular complexity index is 654. The van der Waals surface area contributed by atoms with Crippen LogP contribution in [-0.4, -0.2) is 43.8 Å². The van der Waals surface area contributed by atoms with Crippen molar-refractivity contribution in [2.45, 2.75) is 43.0 Å². The van der Waals surface area contributed by atoms with Gasteiger partial charge in [0.15, 0.2) is 0 Å². The van der Waals surface area contributed by atoms with E-state index in [2.05, 4.69) is 10.0 Å². The molecule has 8 heteroatoms. The highest BCUT2D eigenvalue weighted by Gasteiger charge is 2.24. The Morgan fingerprint density at radius 1 is 1.26 bits per heavy atom. The van der Waals surface area contributed by atoms with Gasteiger partial charge in [-0.25, -0.2) is 17.9 Å². The largest absolute Gasteiger partial charge is 0.478 e. The summed E-state index contributed by atoms with van der Waals surface area (Å²) in [5.41, 5.74) is 0.239. The number of carboxylic acid groups (broad SMARTS) is 1. The molecule has 0 bridgehead atoms. The lowest BCUT2D eigenvalue weighted by molar-refractivity contribution is 0.0697. The molecular formula is C15H22N2O5S. The molecule has 128 valence electrons. The molecule has 0 aliphatic heterocycles. The lowest BCUT2D eigenvalue weighted by Crippen LogP contribution is -2.32. The first-order valence-corrected chi connectivity index (χ1v) is 9.17. The molecule has 1 saturated carbocycles. The van der Waals surface area contributed by atoms with E-state index in [-0.39, 0.29) is 23.1 Å². The van der Waals surface area contributed by atoms with Gasteiger partial charge in [0.05, 0.1) is 10.5 Å². The maximum Gasteiger partial charge on any atom is 0.337 e. The van der Waals surface area contributed by atoms with Crippen LogP contribution in [-0.2, 0) is 10.0 Å². The maximum atomic E-state index is 12.4. The molecule has 0 radical (unpaired) electrons. The summed E-state index contributed by atoms with van der Waals surface area (Å²) in [5.74, 6) is -1.20. The minimum absolute atomic E-state index is 0.00677. The Morgan fingerprint density at radius 2 is 1.96 bits per heavy atom. The first-order chi connectivity index (χ1) is 10.9. The van der Waals surface area contributed by atoms with Crippen molar-refractivity contribution in [3.8, 4) is 0 Å². The van der Waals surface area contributed by atoms with E-state index in [0.29, 0.717) is 18.7 Å². The van der Waals surface area contributed by atoms with Gasteiger partial charge in [0, 0.05) is 24.9 Å². The Morgan fingerprint density at radius 3 is 2.57 bits per heavy atom. The maximum absolute atomic E-state index is 12.4. The summed E-state index contributed by atoms with van der Waals surface area (Å²) in [5, 5.41) is 20.9. The molecule has 1 aliphatic rings. The molecule has 0 spiro atoms. The number of rotatable bonds is 8. The predicted octanol–water partition coefficient (Wildman–Crippen LogP) is 1.40. The number of aliphatic hydroxyl groups is 1. The van der Waals surface area contributed by atoms with Crippen LogP contribution in [0.25, 0.3) is 0 Å². The highest BCUT2D eigenvalue weighted by atomic mass is 32.2. The molecule has 0 aromatic heterocycles. The number of nitrogens with one attached hydrogen (secondary N) is 2. The van der Waals surface area contributed by atoms with Crippen LogP contribution >= 0.6 is 0 Å². The van der Waals surface area contributed by atoms with Gasteiger partial charge in [-0.3, -0.25) is 0 Å². The van der Waals surface area contributed by atoms with Gasteiger partial charge < -0.3 is 15.5 Å². The van der Waals surface area contributed by atoms with E-state index in [1.165, 1.54) is 18.2 Å². The number of carbonyl (C=O) groups is 1. The molecule has 1 aromatic carbocycles. The second kappa shape index (κ2) is 7.76. The number of carboxylic acids is 1. The highest BCUT2D eigenvalue weighted by molar-refractivity contribution is 7.89. The SMILES string of the molecule is O=C(O)c1cc(S(=O)(=O)NC2CCCC2)ccc1NCCCO. The summed E-state index contributed by atoms with van der Waals surface area (Å²) in [6.45, 7) is 0.399. The Hall–Kier alpha value is -1.64. The Balaban J connectivity index is 2.21. The van der Waals surface area contributed by atoms with Gasteiger partial charge in [-0.15, -0.1) is 0 Å². The number of aromatic carboxylic acids is 1. The van der Waals surface area contributed by atoms with Crippen molar-refractivity contribution in [1.82, 2.24) is 4.72 Å². The molecule has 1 aromatic rings. The van der Waals surface area contributed by atoms with Crippen molar-refractivity contribution in [2.75, 3.05) is 18.5 Å².